The number of allylic oxidation sites excluding steroid dienone is 23. The molecule has 0 rings (SSSR count). The molecule has 0 aliphatic heterocycles. The van der Waals surface area contributed by atoms with Gasteiger partial charge in [0.05, 0.1) is 26.2 Å². The van der Waals surface area contributed by atoms with Gasteiger partial charge in [-0.25, -0.2) is 4.57 Å². The van der Waals surface area contributed by atoms with Crippen LogP contribution in [0, 0.1) is 0 Å². The Morgan fingerprint density at radius 1 is 0.414 bits per heavy atom. The van der Waals surface area contributed by atoms with Gasteiger partial charge in [-0.2, -0.15) is 0 Å². The maximum atomic E-state index is 12.8. The van der Waals surface area contributed by atoms with Crippen LogP contribution < -0.4 is 0 Å². The summed E-state index contributed by atoms with van der Waals surface area (Å²) >= 11 is 0. The van der Waals surface area contributed by atoms with Crippen LogP contribution in [-0.4, -0.2) is 66.5 Å². The standard InChI is InChI=1S/C58H89O11P/c1-4-7-10-13-16-19-22-25-27-30-32-35-38-41-44-47-56(60)65-51-55(69-58(62)49-46-43-40-37-34-31-28-26-23-20-17-14-11-8-5-2)53-67-70(63,64)66-52-54(50-59)68-57(61)48-45-42-39-36-33-29-24-21-18-15-12-9-6-3/h7-12,16-21,25-29,32-35,37,41,44,54-55,59H,4-6,13-15,22-24,30-31,36,38-40,42-43,45-53H2,1-3H3,(H,63,64)/b10-7-,11-8-,12-9-,19-16-,20-17-,21-18-,27-25-,28-26-,33-29-,35-32-,37-34-,44-41-. The van der Waals surface area contributed by atoms with Crippen LogP contribution in [0.5, 0.6) is 0 Å². The molecule has 0 bridgehead atoms. The number of ether oxygens (including phenoxy) is 3. The summed E-state index contributed by atoms with van der Waals surface area (Å²) in [6.07, 6.45) is 64.3. The van der Waals surface area contributed by atoms with Crippen LogP contribution in [-0.2, 0) is 42.2 Å². The Hall–Kier alpha value is -4.64. The normalized spacial score (nSPS) is 14.6. The molecule has 11 nitrogen and oxygen atoms in total. The molecule has 0 amide bonds. The van der Waals surface area contributed by atoms with Crippen LogP contribution in [0.1, 0.15) is 162 Å². The zero-order valence-corrected chi connectivity index (χ0v) is 43.8. The molecule has 0 saturated carbocycles. The molecule has 0 aromatic rings. The summed E-state index contributed by atoms with van der Waals surface area (Å²) in [6.45, 7) is 4.05. The zero-order chi connectivity index (χ0) is 51.3. The van der Waals surface area contributed by atoms with E-state index < -0.39 is 64.4 Å². The fourth-order valence-corrected chi connectivity index (χ4v) is 6.74. The minimum absolute atomic E-state index is 0.0254. The van der Waals surface area contributed by atoms with Crippen molar-refractivity contribution < 1.29 is 52.2 Å². The highest BCUT2D eigenvalue weighted by molar-refractivity contribution is 7.47. The van der Waals surface area contributed by atoms with Gasteiger partial charge in [0.15, 0.2) is 6.10 Å². The summed E-state index contributed by atoms with van der Waals surface area (Å²) in [5.41, 5.74) is 0. The minimum Gasteiger partial charge on any atom is -0.461 e. The Balaban J connectivity index is 4.98. The van der Waals surface area contributed by atoms with E-state index in [2.05, 4.69) is 142 Å². The SMILES string of the molecule is CC/C=C\C/C=C\C/C=C\C/C=C\C/C=C\CC(=O)OCC(COP(=O)(O)OCC(CO)OC(=O)CCCCC/C=C\C/C=C\C/C=C\CC)OC(=O)CCCC/C=C\C/C=C\C/C=C\C/C=C\CC. The van der Waals surface area contributed by atoms with E-state index in [1.54, 1.807) is 6.08 Å². The summed E-state index contributed by atoms with van der Waals surface area (Å²) in [7, 11) is -4.79. The Morgan fingerprint density at radius 2 is 0.743 bits per heavy atom. The van der Waals surface area contributed by atoms with Gasteiger partial charge >= 0.3 is 25.7 Å². The number of aliphatic hydroxyl groups excluding tert-OH is 1. The van der Waals surface area contributed by atoms with Crippen molar-refractivity contribution in [2.45, 2.75) is 174 Å². The van der Waals surface area contributed by atoms with Crippen LogP contribution >= 0.6 is 7.82 Å². The number of phosphoric ester groups is 1. The van der Waals surface area contributed by atoms with Gasteiger partial charge in [-0.3, -0.25) is 23.4 Å². The third-order valence-corrected chi connectivity index (χ3v) is 10.7. The molecule has 70 heavy (non-hydrogen) atoms. The maximum Gasteiger partial charge on any atom is 0.472 e. The fraction of sp³-hybridized carbons (Fsp3) is 0.534. The Labute approximate surface area is 422 Å². The summed E-state index contributed by atoms with van der Waals surface area (Å²) < 4.78 is 39.1. The Kier molecular flexibility index (Phi) is 47.4. The van der Waals surface area contributed by atoms with Crippen LogP contribution in [0.15, 0.2) is 146 Å². The van der Waals surface area contributed by atoms with Crippen molar-refractivity contribution in [3.8, 4) is 0 Å². The van der Waals surface area contributed by atoms with Crippen molar-refractivity contribution in [2.75, 3.05) is 26.4 Å². The lowest BCUT2D eigenvalue weighted by molar-refractivity contribution is -0.161. The third-order valence-electron chi connectivity index (χ3n) is 9.77. The van der Waals surface area contributed by atoms with Gasteiger partial charge in [-0.1, -0.05) is 173 Å². The molecular weight excluding hydrogens is 904 g/mol. The Morgan fingerprint density at radius 3 is 1.14 bits per heavy atom. The molecule has 0 aromatic heterocycles. The smallest absolute Gasteiger partial charge is 0.461 e. The monoisotopic (exact) mass is 993 g/mol. The van der Waals surface area contributed by atoms with Gasteiger partial charge in [0.25, 0.3) is 0 Å². The highest BCUT2D eigenvalue weighted by atomic mass is 31.2. The van der Waals surface area contributed by atoms with E-state index in [0.717, 1.165) is 103 Å². The van der Waals surface area contributed by atoms with E-state index in [4.69, 9.17) is 23.3 Å². The highest BCUT2D eigenvalue weighted by Gasteiger charge is 2.28. The maximum absolute atomic E-state index is 12.8. The lowest BCUT2D eigenvalue weighted by Crippen LogP contribution is -2.30. The molecule has 0 fully saturated rings. The lowest BCUT2D eigenvalue weighted by Gasteiger charge is -2.21. The first-order valence-corrected chi connectivity index (χ1v) is 27.2. The van der Waals surface area contributed by atoms with Crippen LogP contribution in [0.2, 0.25) is 0 Å². The first kappa shape index (κ1) is 65.4. The summed E-state index contributed by atoms with van der Waals surface area (Å²) in [4.78, 5) is 48.3. The van der Waals surface area contributed by atoms with Gasteiger partial charge in [-0.05, 0) is 116 Å². The molecule has 3 atom stereocenters. The quantitative estimate of drug-likeness (QED) is 0.0197. The molecule has 0 aliphatic rings. The molecule has 0 heterocycles. The van der Waals surface area contributed by atoms with Crippen molar-refractivity contribution in [2.24, 2.45) is 0 Å². The van der Waals surface area contributed by atoms with E-state index in [0.29, 0.717) is 19.3 Å². The number of aliphatic hydroxyl groups is 1. The summed E-state index contributed by atoms with van der Waals surface area (Å²) in [5.74, 6) is -1.72. The zero-order valence-electron chi connectivity index (χ0n) is 42.9. The molecule has 0 aromatic carbocycles. The molecule has 0 spiro atoms. The molecule has 12 heteroatoms. The first-order chi connectivity index (χ1) is 34.2. The van der Waals surface area contributed by atoms with Crippen molar-refractivity contribution in [1.29, 1.82) is 0 Å². The average molecular weight is 993 g/mol. The second kappa shape index (κ2) is 50.7. The number of hydrogen-bond donors (Lipinski definition) is 2. The van der Waals surface area contributed by atoms with Crippen molar-refractivity contribution >= 4 is 25.7 Å². The predicted octanol–water partition coefficient (Wildman–Crippen LogP) is 14.8. The molecule has 2 N–H and O–H groups in total. The largest absolute Gasteiger partial charge is 0.472 e. The van der Waals surface area contributed by atoms with Crippen LogP contribution in [0.3, 0.4) is 0 Å². The average Bonchev–Trinajstić information content (AvgIpc) is 3.35. The van der Waals surface area contributed by atoms with Crippen molar-refractivity contribution in [1.82, 2.24) is 0 Å². The van der Waals surface area contributed by atoms with Crippen molar-refractivity contribution in [3.05, 3.63) is 146 Å². The first-order valence-electron chi connectivity index (χ1n) is 25.7. The lowest BCUT2D eigenvalue weighted by atomic mass is 10.1. The third kappa shape index (κ3) is 48.4. The number of unbranched alkanes of at least 4 members (excludes halogenated alkanes) is 5. The number of hydrogen-bond acceptors (Lipinski definition) is 10. The molecule has 3 unspecified atom stereocenters. The van der Waals surface area contributed by atoms with Gasteiger partial charge in [0, 0.05) is 12.8 Å². The number of rotatable bonds is 45. The van der Waals surface area contributed by atoms with Gasteiger partial charge < -0.3 is 24.2 Å². The van der Waals surface area contributed by atoms with E-state index in [-0.39, 0.29) is 19.3 Å². The van der Waals surface area contributed by atoms with Gasteiger partial charge in [0.1, 0.15) is 12.7 Å². The molecule has 0 radical (unpaired) electrons. The van der Waals surface area contributed by atoms with Gasteiger partial charge in [0.2, 0.25) is 0 Å². The molecule has 392 valence electrons. The minimum atomic E-state index is -4.79. The van der Waals surface area contributed by atoms with E-state index >= 15 is 0 Å². The van der Waals surface area contributed by atoms with E-state index in [9.17, 15) is 28.9 Å². The number of carbonyl (C=O) groups is 3. The number of carbonyl (C=O) groups excluding carboxylic acids is 3. The fourth-order valence-electron chi connectivity index (χ4n) is 5.96. The highest BCUT2D eigenvalue weighted by Crippen LogP contribution is 2.43. The van der Waals surface area contributed by atoms with Gasteiger partial charge in [-0.15, -0.1) is 0 Å². The second-order valence-corrected chi connectivity index (χ2v) is 17.7. The molecule has 0 aliphatic carbocycles. The molecule has 0 saturated heterocycles. The number of phosphoric acid groups is 1. The topological polar surface area (TPSA) is 155 Å². The Bertz CT molecular complexity index is 1730. The van der Waals surface area contributed by atoms with Crippen molar-refractivity contribution in [3.63, 3.8) is 0 Å². The summed E-state index contributed by atoms with van der Waals surface area (Å²) in [6, 6.07) is 0. The number of esters is 3. The molecular formula is C58H89O11P. The van der Waals surface area contributed by atoms with Crippen LogP contribution in [0.4, 0.5) is 0 Å². The van der Waals surface area contributed by atoms with Crippen LogP contribution in [0.25, 0.3) is 0 Å². The second-order valence-electron chi connectivity index (χ2n) is 16.2. The van der Waals surface area contributed by atoms with E-state index in [1.807, 2.05) is 18.2 Å². The van der Waals surface area contributed by atoms with E-state index in [1.165, 1.54) is 0 Å². The predicted molar refractivity (Wildman–Crippen MR) is 288 cm³/mol. The summed E-state index contributed by atoms with van der Waals surface area (Å²) in [5, 5.41) is 9.77.